The van der Waals surface area contributed by atoms with Crippen molar-refractivity contribution in [2.75, 3.05) is 17.2 Å². The number of fused-ring (bicyclic) bond motifs is 1. The van der Waals surface area contributed by atoms with Gasteiger partial charge in [0, 0.05) is 18.3 Å². The van der Waals surface area contributed by atoms with Crippen molar-refractivity contribution >= 4 is 17.3 Å². The fourth-order valence-electron chi connectivity index (χ4n) is 2.18. The molecule has 0 aliphatic carbocycles. The minimum absolute atomic E-state index is 0.0455. The van der Waals surface area contributed by atoms with Crippen LogP contribution in [-0.4, -0.2) is 18.6 Å². The predicted molar refractivity (Wildman–Crippen MR) is 72.8 cm³/mol. The van der Waals surface area contributed by atoms with Gasteiger partial charge in [-0.3, -0.25) is 4.79 Å². The van der Waals surface area contributed by atoms with E-state index in [0.717, 1.165) is 12.1 Å². The van der Waals surface area contributed by atoms with Crippen molar-refractivity contribution in [1.82, 2.24) is 0 Å². The maximum atomic E-state index is 12.4. The smallest absolute Gasteiger partial charge is 0.268 e. The number of nitrogen functional groups attached to an aromatic ring is 1. The molecule has 0 saturated carbocycles. The highest BCUT2D eigenvalue weighted by atomic mass is 16.5. The van der Waals surface area contributed by atoms with Crippen molar-refractivity contribution < 1.29 is 9.53 Å². The summed E-state index contributed by atoms with van der Waals surface area (Å²) in [5, 5.41) is 0. The molecule has 1 atom stereocenters. The molecular formula is C14H20N2O2. The number of nitrogens with two attached hydrogens (primary N) is 1. The first-order chi connectivity index (χ1) is 8.54. The zero-order valence-electron chi connectivity index (χ0n) is 11.1. The molecule has 1 aliphatic rings. The number of carbonyl (C=O) groups is 1. The number of amides is 1. The molecule has 0 aromatic heterocycles. The summed E-state index contributed by atoms with van der Waals surface area (Å²) in [5.74, 6) is 0.900. The van der Waals surface area contributed by atoms with Crippen molar-refractivity contribution in [2.24, 2.45) is 5.92 Å². The molecule has 4 nitrogen and oxygen atoms in total. The summed E-state index contributed by atoms with van der Waals surface area (Å²) >= 11 is 0. The van der Waals surface area contributed by atoms with Gasteiger partial charge in [0.25, 0.3) is 5.91 Å². The molecule has 0 saturated heterocycles. The van der Waals surface area contributed by atoms with Crippen molar-refractivity contribution in [2.45, 2.75) is 33.3 Å². The molecule has 1 unspecified atom stereocenters. The van der Waals surface area contributed by atoms with Crippen molar-refractivity contribution in [1.29, 1.82) is 0 Å². The van der Waals surface area contributed by atoms with E-state index in [2.05, 4.69) is 6.92 Å². The van der Waals surface area contributed by atoms with Crippen LogP contribution in [0.5, 0.6) is 5.75 Å². The topological polar surface area (TPSA) is 55.6 Å². The highest BCUT2D eigenvalue weighted by Gasteiger charge is 2.35. The third-order valence-electron chi connectivity index (χ3n) is 3.09. The summed E-state index contributed by atoms with van der Waals surface area (Å²) in [7, 11) is 0. The van der Waals surface area contributed by atoms with E-state index in [-0.39, 0.29) is 11.8 Å². The minimum Gasteiger partial charge on any atom is -0.478 e. The highest BCUT2D eigenvalue weighted by Crippen LogP contribution is 2.37. The molecule has 4 heteroatoms. The molecule has 1 aromatic carbocycles. The Labute approximate surface area is 108 Å². The molecule has 2 N–H and O–H groups in total. The Bertz CT molecular complexity index is 457. The van der Waals surface area contributed by atoms with E-state index in [9.17, 15) is 4.79 Å². The van der Waals surface area contributed by atoms with Gasteiger partial charge in [-0.1, -0.05) is 20.8 Å². The number of nitrogens with zero attached hydrogens (tertiary/aromatic N) is 1. The van der Waals surface area contributed by atoms with Crippen LogP contribution in [0, 0.1) is 5.92 Å². The van der Waals surface area contributed by atoms with Crippen LogP contribution in [0.2, 0.25) is 0 Å². The van der Waals surface area contributed by atoms with E-state index < -0.39 is 6.10 Å². The third-order valence-corrected chi connectivity index (χ3v) is 3.09. The maximum Gasteiger partial charge on any atom is 0.268 e. The second-order valence-electron chi connectivity index (χ2n) is 5.00. The van der Waals surface area contributed by atoms with Crippen molar-refractivity contribution in [3.63, 3.8) is 0 Å². The Morgan fingerprint density at radius 1 is 1.44 bits per heavy atom. The van der Waals surface area contributed by atoms with Gasteiger partial charge in [0.1, 0.15) is 5.75 Å². The lowest BCUT2D eigenvalue weighted by Gasteiger charge is -2.36. The van der Waals surface area contributed by atoms with Crippen LogP contribution in [0.3, 0.4) is 0 Å². The Morgan fingerprint density at radius 2 is 2.17 bits per heavy atom. The molecule has 2 rings (SSSR count). The molecule has 1 amide bonds. The summed E-state index contributed by atoms with van der Waals surface area (Å²) in [6, 6.07) is 5.45. The quantitative estimate of drug-likeness (QED) is 0.836. The fourth-order valence-corrected chi connectivity index (χ4v) is 2.18. The van der Waals surface area contributed by atoms with Crippen LogP contribution < -0.4 is 15.4 Å². The predicted octanol–water partition coefficient (Wildman–Crippen LogP) is 2.43. The van der Waals surface area contributed by atoms with E-state index >= 15 is 0 Å². The van der Waals surface area contributed by atoms with E-state index in [1.807, 2.05) is 24.8 Å². The van der Waals surface area contributed by atoms with Gasteiger partial charge >= 0.3 is 0 Å². The lowest BCUT2D eigenvalue weighted by molar-refractivity contribution is -0.128. The normalized spacial score (nSPS) is 18.8. The number of carbonyl (C=O) groups excluding carboxylic acids is 1. The Balaban J connectivity index is 2.43. The first-order valence-corrected chi connectivity index (χ1v) is 6.42. The van der Waals surface area contributed by atoms with Gasteiger partial charge in [0.15, 0.2) is 6.10 Å². The van der Waals surface area contributed by atoms with Gasteiger partial charge in [-0.15, -0.1) is 0 Å². The summed E-state index contributed by atoms with van der Waals surface area (Å²) in [6.45, 7) is 6.75. The average Bonchev–Trinajstić information content (AvgIpc) is 2.32. The van der Waals surface area contributed by atoms with Crippen LogP contribution in [0.25, 0.3) is 0 Å². The van der Waals surface area contributed by atoms with E-state index in [1.165, 1.54) is 0 Å². The maximum absolute atomic E-state index is 12.4. The van der Waals surface area contributed by atoms with Crippen LogP contribution in [-0.2, 0) is 4.79 Å². The zero-order valence-corrected chi connectivity index (χ0v) is 11.1. The monoisotopic (exact) mass is 248 g/mol. The van der Waals surface area contributed by atoms with E-state index in [4.69, 9.17) is 10.5 Å². The summed E-state index contributed by atoms with van der Waals surface area (Å²) < 4.78 is 5.79. The van der Waals surface area contributed by atoms with Crippen LogP contribution in [0.1, 0.15) is 27.2 Å². The lowest BCUT2D eigenvalue weighted by atomic mass is 10.0. The van der Waals surface area contributed by atoms with Crippen LogP contribution in [0.15, 0.2) is 18.2 Å². The lowest BCUT2D eigenvalue weighted by Crippen LogP contribution is -2.48. The molecule has 0 fully saturated rings. The number of rotatable bonds is 3. The van der Waals surface area contributed by atoms with Gasteiger partial charge in [0.05, 0.1) is 5.69 Å². The van der Waals surface area contributed by atoms with Crippen molar-refractivity contribution in [3.8, 4) is 5.75 Å². The van der Waals surface area contributed by atoms with E-state index in [0.29, 0.717) is 18.0 Å². The second-order valence-corrected chi connectivity index (χ2v) is 5.00. The summed E-state index contributed by atoms with van der Waals surface area (Å²) in [4.78, 5) is 14.2. The molecule has 1 aliphatic heterocycles. The largest absolute Gasteiger partial charge is 0.478 e. The van der Waals surface area contributed by atoms with Crippen molar-refractivity contribution in [3.05, 3.63) is 18.2 Å². The number of anilines is 2. The fraction of sp³-hybridized carbons (Fsp3) is 0.500. The average molecular weight is 248 g/mol. The van der Waals surface area contributed by atoms with Gasteiger partial charge < -0.3 is 15.4 Å². The molecule has 98 valence electrons. The van der Waals surface area contributed by atoms with Gasteiger partial charge in [-0.25, -0.2) is 0 Å². The number of ether oxygens (including phenoxy) is 1. The standard InChI is InChI=1S/C14H20N2O2/c1-4-7-16-11-6-5-10(15)8-12(11)18-13(9(2)3)14(16)17/h5-6,8-9,13H,4,7,15H2,1-3H3. The van der Waals surface area contributed by atoms with Gasteiger partial charge in [0.2, 0.25) is 0 Å². The molecule has 1 aromatic rings. The third kappa shape index (κ3) is 2.15. The van der Waals surface area contributed by atoms with Gasteiger partial charge in [-0.2, -0.15) is 0 Å². The molecular weight excluding hydrogens is 228 g/mol. The molecule has 0 spiro atoms. The summed E-state index contributed by atoms with van der Waals surface area (Å²) in [6.07, 6.45) is 0.506. The van der Waals surface area contributed by atoms with Crippen LogP contribution >= 0.6 is 0 Å². The second kappa shape index (κ2) is 4.88. The Hall–Kier alpha value is -1.71. The number of hydrogen-bond acceptors (Lipinski definition) is 3. The zero-order chi connectivity index (χ0) is 13.3. The first kappa shape index (κ1) is 12.7. The minimum atomic E-state index is -0.411. The molecule has 0 bridgehead atoms. The Kier molecular flexibility index (Phi) is 3.45. The molecule has 18 heavy (non-hydrogen) atoms. The van der Waals surface area contributed by atoms with E-state index in [1.54, 1.807) is 12.1 Å². The summed E-state index contributed by atoms with van der Waals surface area (Å²) in [5.41, 5.74) is 7.26. The molecule has 0 radical (unpaired) electrons. The first-order valence-electron chi connectivity index (χ1n) is 6.42. The molecule has 1 heterocycles. The highest BCUT2D eigenvalue weighted by molar-refractivity contribution is 6.00. The Morgan fingerprint density at radius 3 is 2.78 bits per heavy atom. The number of hydrogen-bond donors (Lipinski definition) is 1. The van der Waals surface area contributed by atoms with Gasteiger partial charge in [-0.05, 0) is 24.5 Å². The SMILES string of the molecule is CCCN1C(=O)C(C(C)C)Oc2cc(N)ccc21. The number of benzene rings is 1. The van der Waals surface area contributed by atoms with Crippen LogP contribution in [0.4, 0.5) is 11.4 Å².